The van der Waals surface area contributed by atoms with E-state index in [-0.39, 0.29) is 9.75 Å². The van der Waals surface area contributed by atoms with E-state index in [1.54, 1.807) is 6.07 Å². The molecule has 4 rings (SSSR count). The summed E-state index contributed by atoms with van der Waals surface area (Å²) in [4.78, 5) is 2.18. The molecule has 0 bridgehead atoms. The van der Waals surface area contributed by atoms with Gasteiger partial charge in [-0.1, -0.05) is 48.5 Å². The van der Waals surface area contributed by atoms with Crippen LogP contribution in [0.1, 0.15) is 68.2 Å². The van der Waals surface area contributed by atoms with Crippen molar-refractivity contribution in [2.75, 3.05) is 7.05 Å². The zero-order chi connectivity index (χ0) is 21.8. The molecule has 2 fully saturated rings. The summed E-state index contributed by atoms with van der Waals surface area (Å²) in [7, 11) is 2.22. The molecule has 0 radical (unpaired) electrons. The van der Waals surface area contributed by atoms with Gasteiger partial charge in [-0.25, -0.2) is 0 Å². The lowest BCUT2D eigenvalue weighted by atomic mass is 9.90. The van der Waals surface area contributed by atoms with Crippen LogP contribution in [-0.2, 0) is 22.7 Å². The van der Waals surface area contributed by atoms with Gasteiger partial charge in [0.1, 0.15) is 0 Å². The molecule has 0 heterocycles. The van der Waals surface area contributed by atoms with Crippen LogP contribution in [-0.4, -0.2) is 18.0 Å². The van der Waals surface area contributed by atoms with Gasteiger partial charge in [-0.05, 0) is 74.8 Å². The van der Waals surface area contributed by atoms with Gasteiger partial charge in [0.2, 0.25) is 0 Å². The maximum absolute atomic E-state index is 7.32. The van der Waals surface area contributed by atoms with Crippen molar-refractivity contribution < 1.29 is 0 Å². The Morgan fingerprint density at radius 2 is 1.47 bits per heavy atom. The Hall–Kier alpha value is -1.53. The van der Waals surface area contributed by atoms with Crippen LogP contribution in [0.4, 0.5) is 0 Å². The van der Waals surface area contributed by atoms with Crippen molar-refractivity contribution in [1.82, 2.24) is 4.90 Å². The monoisotopic (exact) mass is 442 g/mol. The highest BCUT2D eigenvalue weighted by molar-refractivity contribution is 6.27. The van der Waals surface area contributed by atoms with E-state index >= 15 is 0 Å². The lowest BCUT2D eigenvalue weighted by Crippen LogP contribution is -2.29. The normalized spacial score (nSPS) is 18.7. The molecular formula is C26H32Cl2N2. The average Bonchev–Trinajstić information content (AvgIpc) is 3.66. The van der Waals surface area contributed by atoms with Crippen LogP contribution < -0.4 is 0 Å². The van der Waals surface area contributed by atoms with Crippen molar-refractivity contribution in [3.05, 3.63) is 70.8 Å². The zero-order valence-corrected chi connectivity index (χ0v) is 19.8. The predicted octanol–water partition coefficient (Wildman–Crippen LogP) is 7.13. The van der Waals surface area contributed by atoms with E-state index in [1.807, 2.05) is 0 Å². The Labute approximate surface area is 191 Å². The third kappa shape index (κ3) is 5.58. The first-order valence-electron chi connectivity index (χ1n) is 10.9. The molecule has 4 heteroatoms. The molecule has 2 nitrogen and oxygen atoms in total. The predicted molar refractivity (Wildman–Crippen MR) is 127 cm³/mol. The molecule has 0 aromatic heterocycles. The largest absolute Gasteiger partial charge is 0.299 e. The minimum atomic E-state index is -0.132. The molecular weight excluding hydrogens is 411 g/mol. The van der Waals surface area contributed by atoms with Gasteiger partial charge >= 0.3 is 0 Å². The van der Waals surface area contributed by atoms with E-state index in [0.29, 0.717) is 6.04 Å². The Kier molecular flexibility index (Phi) is 7.51. The van der Waals surface area contributed by atoms with E-state index in [2.05, 4.69) is 67.4 Å². The number of hydrogen-bond acceptors (Lipinski definition) is 2. The molecule has 2 saturated carbocycles. The fourth-order valence-corrected chi connectivity index (χ4v) is 4.60. The molecule has 1 atom stereocenters. The molecule has 30 heavy (non-hydrogen) atoms. The minimum Gasteiger partial charge on any atom is -0.299 e. The Morgan fingerprint density at radius 1 is 0.967 bits per heavy atom. The molecule has 1 unspecified atom stereocenters. The number of hydrogen-bond donors (Lipinski definition) is 0. The number of benzene rings is 2. The highest BCUT2D eigenvalue weighted by Crippen LogP contribution is 2.58. The van der Waals surface area contributed by atoms with Gasteiger partial charge in [-0.15, -0.1) is 23.2 Å². The van der Waals surface area contributed by atoms with Crippen LogP contribution >= 0.6 is 23.2 Å². The van der Waals surface area contributed by atoms with E-state index in [4.69, 9.17) is 28.5 Å². The molecule has 0 spiro atoms. The lowest BCUT2D eigenvalue weighted by molar-refractivity contribution is 0.238. The van der Waals surface area contributed by atoms with E-state index in [0.717, 1.165) is 45.1 Å². The second kappa shape index (κ2) is 9.73. The van der Waals surface area contributed by atoms with E-state index in [1.165, 1.54) is 29.2 Å². The highest BCUT2D eigenvalue weighted by atomic mass is 35.5. The van der Waals surface area contributed by atoms with E-state index in [9.17, 15) is 0 Å². The topological polar surface area (TPSA) is 27.0 Å². The van der Waals surface area contributed by atoms with Gasteiger partial charge in [0, 0.05) is 19.5 Å². The molecule has 2 aromatic carbocycles. The van der Waals surface area contributed by atoms with Gasteiger partial charge < -0.3 is 0 Å². The summed E-state index contributed by atoms with van der Waals surface area (Å²) in [5.74, 6) is 0. The summed E-state index contributed by atoms with van der Waals surface area (Å²) in [5.41, 5.74) is 5.47. The van der Waals surface area contributed by atoms with Crippen LogP contribution in [0.2, 0.25) is 0 Å². The number of rotatable bonds is 8. The third-order valence-corrected chi connectivity index (χ3v) is 7.52. The standard InChI is InChI=1S/C24H29Cl2N.C2H3N/c1-18(27(2)17-19-7-4-3-5-8-19)11-12-20-21(23(25)13-14-23)9-6-10-22(20)24(26)15-16-24;1-2-3/h3-10,18H,11-17H2,1-2H3;1H3. The number of nitrogens with zero attached hydrogens (tertiary/aromatic N) is 2. The highest BCUT2D eigenvalue weighted by Gasteiger charge is 2.48. The molecule has 0 amide bonds. The number of halogens is 2. The molecule has 0 saturated heterocycles. The maximum Gasteiger partial charge on any atom is 0.0699 e. The van der Waals surface area contributed by atoms with Crippen molar-refractivity contribution in [3.63, 3.8) is 0 Å². The van der Waals surface area contributed by atoms with Crippen molar-refractivity contribution in [3.8, 4) is 6.07 Å². The van der Waals surface area contributed by atoms with Gasteiger partial charge in [-0.3, -0.25) is 4.90 Å². The SMILES string of the molecule is CC#N.CC(CCc1c(C2(Cl)CC2)cccc1C1(Cl)CC1)N(C)Cc1ccccc1. The quantitative estimate of drug-likeness (QED) is 0.406. The molecule has 2 aliphatic rings. The lowest BCUT2D eigenvalue weighted by Gasteiger charge is -2.27. The minimum absolute atomic E-state index is 0.132. The van der Waals surface area contributed by atoms with Gasteiger partial charge in [0.15, 0.2) is 0 Å². The maximum atomic E-state index is 7.32. The van der Waals surface area contributed by atoms with Crippen LogP contribution in [0, 0.1) is 11.3 Å². The van der Waals surface area contributed by atoms with Gasteiger partial charge in [0.25, 0.3) is 0 Å². The number of alkyl halides is 2. The molecule has 160 valence electrons. The van der Waals surface area contributed by atoms with E-state index < -0.39 is 0 Å². The molecule has 0 N–H and O–H groups in total. The molecule has 0 aliphatic heterocycles. The Morgan fingerprint density at radius 3 is 1.93 bits per heavy atom. The smallest absolute Gasteiger partial charge is 0.0699 e. The van der Waals surface area contributed by atoms with Gasteiger partial charge in [-0.2, -0.15) is 5.26 Å². The zero-order valence-electron chi connectivity index (χ0n) is 18.3. The van der Waals surface area contributed by atoms with Crippen LogP contribution in [0.25, 0.3) is 0 Å². The van der Waals surface area contributed by atoms with Crippen molar-refractivity contribution in [2.24, 2.45) is 0 Å². The summed E-state index contributed by atoms with van der Waals surface area (Å²) in [6.07, 6.45) is 6.52. The third-order valence-electron chi connectivity index (χ3n) is 6.36. The van der Waals surface area contributed by atoms with Crippen molar-refractivity contribution in [2.45, 2.75) is 74.7 Å². The molecule has 2 aromatic rings. The van der Waals surface area contributed by atoms with Crippen LogP contribution in [0.15, 0.2) is 48.5 Å². The number of nitriles is 1. The first kappa shape index (κ1) is 23.1. The molecule has 2 aliphatic carbocycles. The summed E-state index contributed by atoms with van der Waals surface area (Å²) in [5, 5.41) is 7.32. The fraction of sp³-hybridized carbons (Fsp3) is 0.500. The second-order valence-electron chi connectivity index (χ2n) is 8.77. The van der Waals surface area contributed by atoms with Crippen molar-refractivity contribution >= 4 is 23.2 Å². The van der Waals surface area contributed by atoms with Crippen molar-refractivity contribution in [1.29, 1.82) is 5.26 Å². The van der Waals surface area contributed by atoms with Crippen LogP contribution in [0.3, 0.4) is 0 Å². The van der Waals surface area contributed by atoms with Crippen LogP contribution in [0.5, 0.6) is 0 Å². The average molecular weight is 443 g/mol. The first-order chi connectivity index (χ1) is 14.3. The summed E-state index contributed by atoms with van der Waals surface area (Å²) in [6.45, 7) is 4.74. The van der Waals surface area contributed by atoms with Gasteiger partial charge in [0.05, 0.1) is 15.8 Å². The second-order valence-corrected chi connectivity index (χ2v) is 10.2. The summed E-state index contributed by atoms with van der Waals surface area (Å²) in [6, 6.07) is 19.6. The Balaban J connectivity index is 0.000000806. The first-order valence-corrected chi connectivity index (χ1v) is 11.6. The Bertz CT molecular complexity index is 843. The summed E-state index contributed by atoms with van der Waals surface area (Å²) < 4.78 is 0. The summed E-state index contributed by atoms with van der Waals surface area (Å²) >= 11 is 13.7. The fourth-order valence-electron chi connectivity index (χ4n) is 4.05.